The first-order valence-corrected chi connectivity index (χ1v) is 6.81. The third-order valence-corrected chi connectivity index (χ3v) is 3.29. The van der Waals surface area contributed by atoms with E-state index in [-0.39, 0.29) is 0 Å². The number of para-hydroxylation sites is 2. The van der Waals surface area contributed by atoms with Crippen LogP contribution in [0.3, 0.4) is 0 Å². The van der Waals surface area contributed by atoms with Crippen LogP contribution in [0.15, 0.2) is 59.2 Å². The average molecular weight is 314 g/mol. The Labute approximate surface area is 119 Å². The average Bonchev–Trinajstić information content (AvgIpc) is 2.45. The van der Waals surface area contributed by atoms with Crippen LogP contribution in [-0.4, -0.2) is 9.97 Å². The van der Waals surface area contributed by atoms with Gasteiger partial charge in [-0.1, -0.05) is 34.1 Å². The number of aromatic nitrogens is 2. The SMILES string of the molecule is Brc1cccc(NCc2cnc3ccccc3n2)c1. The summed E-state index contributed by atoms with van der Waals surface area (Å²) >= 11 is 3.45. The lowest BCUT2D eigenvalue weighted by atomic mass is 10.3. The lowest BCUT2D eigenvalue weighted by molar-refractivity contribution is 1.04. The minimum absolute atomic E-state index is 0.661. The fourth-order valence-electron chi connectivity index (χ4n) is 1.87. The molecule has 1 aromatic heterocycles. The Bertz CT molecular complexity index is 712. The normalized spacial score (nSPS) is 10.6. The van der Waals surface area contributed by atoms with Crippen molar-refractivity contribution in [1.29, 1.82) is 0 Å². The largest absolute Gasteiger partial charge is 0.379 e. The van der Waals surface area contributed by atoms with Gasteiger partial charge in [0.2, 0.25) is 0 Å². The molecule has 0 radical (unpaired) electrons. The van der Waals surface area contributed by atoms with E-state index in [0.717, 1.165) is 26.9 Å². The number of hydrogen-bond acceptors (Lipinski definition) is 3. The lowest BCUT2D eigenvalue weighted by Crippen LogP contribution is -2.02. The fourth-order valence-corrected chi connectivity index (χ4v) is 2.27. The van der Waals surface area contributed by atoms with E-state index in [0.29, 0.717) is 6.54 Å². The zero-order chi connectivity index (χ0) is 13.1. The van der Waals surface area contributed by atoms with E-state index >= 15 is 0 Å². The molecule has 3 aromatic rings. The van der Waals surface area contributed by atoms with Gasteiger partial charge in [0.25, 0.3) is 0 Å². The highest BCUT2D eigenvalue weighted by atomic mass is 79.9. The summed E-state index contributed by atoms with van der Waals surface area (Å²) < 4.78 is 1.06. The van der Waals surface area contributed by atoms with E-state index in [4.69, 9.17) is 0 Å². The third kappa shape index (κ3) is 2.90. The van der Waals surface area contributed by atoms with Gasteiger partial charge in [-0.2, -0.15) is 0 Å². The molecule has 0 aliphatic heterocycles. The molecule has 1 N–H and O–H groups in total. The molecule has 0 aliphatic carbocycles. The number of halogens is 1. The number of anilines is 1. The molecule has 3 rings (SSSR count). The van der Waals surface area contributed by atoms with Gasteiger partial charge >= 0.3 is 0 Å². The lowest BCUT2D eigenvalue weighted by Gasteiger charge is -2.06. The van der Waals surface area contributed by atoms with Crippen molar-refractivity contribution in [2.24, 2.45) is 0 Å². The molecule has 3 nitrogen and oxygen atoms in total. The van der Waals surface area contributed by atoms with E-state index in [1.807, 2.05) is 54.7 Å². The van der Waals surface area contributed by atoms with Crippen LogP contribution in [0, 0.1) is 0 Å². The van der Waals surface area contributed by atoms with Crippen molar-refractivity contribution >= 4 is 32.7 Å². The van der Waals surface area contributed by atoms with Crippen LogP contribution in [0.25, 0.3) is 11.0 Å². The second-order valence-electron chi connectivity index (χ2n) is 4.21. The molecular formula is C15H12BrN3. The molecular weight excluding hydrogens is 302 g/mol. The highest BCUT2D eigenvalue weighted by Crippen LogP contribution is 2.16. The molecule has 0 fully saturated rings. The molecule has 0 bridgehead atoms. The van der Waals surface area contributed by atoms with E-state index in [9.17, 15) is 0 Å². The van der Waals surface area contributed by atoms with Gasteiger partial charge in [-0.15, -0.1) is 0 Å². The van der Waals surface area contributed by atoms with Crippen LogP contribution >= 0.6 is 15.9 Å². The number of nitrogens with one attached hydrogen (secondary N) is 1. The van der Waals surface area contributed by atoms with Crippen molar-refractivity contribution in [2.75, 3.05) is 5.32 Å². The van der Waals surface area contributed by atoms with Gasteiger partial charge in [0.1, 0.15) is 0 Å². The van der Waals surface area contributed by atoms with Crippen molar-refractivity contribution in [3.05, 3.63) is 64.9 Å². The summed E-state index contributed by atoms with van der Waals surface area (Å²) in [5.74, 6) is 0. The molecule has 0 unspecified atom stereocenters. The zero-order valence-electron chi connectivity index (χ0n) is 10.2. The third-order valence-electron chi connectivity index (χ3n) is 2.80. The van der Waals surface area contributed by atoms with E-state index in [1.54, 1.807) is 0 Å². The van der Waals surface area contributed by atoms with Crippen LogP contribution in [0.4, 0.5) is 5.69 Å². The zero-order valence-corrected chi connectivity index (χ0v) is 11.8. The Morgan fingerprint density at radius 3 is 2.68 bits per heavy atom. The van der Waals surface area contributed by atoms with Crippen LogP contribution in [0.1, 0.15) is 5.69 Å². The monoisotopic (exact) mass is 313 g/mol. The van der Waals surface area contributed by atoms with Crippen molar-refractivity contribution in [1.82, 2.24) is 9.97 Å². The topological polar surface area (TPSA) is 37.8 Å². The van der Waals surface area contributed by atoms with Gasteiger partial charge in [-0.05, 0) is 30.3 Å². The van der Waals surface area contributed by atoms with E-state index in [1.165, 1.54) is 0 Å². The molecule has 1 heterocycles. The minimum Gasteiger partial charge on any atom is -0.379 e. The summed E-state index contributed by atoms with van der Waals surface area (Å²) in [6.07, 6.45) is 1.81. The first kappa shape index (κ1) is 12.1. The molecule has 0 saturated carbocycles. The summed E-state index contributed by atoms with van der Waals surface area (Å²) in [6.45, 7) is 0.661. The molecule has 94 valence electrons. The van der Waals surface area contributed by atoms with Crippen molar-refractivity contribution in [2.45, 2.75) is 6.54 Å². The smallest absolute Gasteiger partial charge is 0.0890 e. The predicted molar refractivity (Wildman–Crippen MR) is 81.0 cm³/mol. The van der Waals surface area contributed by atoms with E-state index < -0.39 is 0 Å². The standard InChI is InChI=1S/C15H12BrN3/c16-11-4-3-5-12(8-11)17-9-13-10-18-14-6-1-2-7-15(14)19-13/h1-8,10,17H,9H2. The second kappa shape index (κ2) is 5.36. The molecule has 0 aliphatic rings. The summed E-state index contributed by atoms with van der Waals surface area (Å²) in [6, 6.07) is 15.9. The maximum Gasteiger partial charge on any atom is 0.0890 e. The van der Waals surface area contributed by atoms with Crippen molar-refractivity contribution < 1.29 is 0 Å². The van der Waals surface area contributed by atoms with E-state index in [2.05, 4.69) is 31.2 Å². The molecule has 0 amide bonds. The summed E-state index contributed by atoms with van der Waals surface area (Å²) in [7, 11) is 0. The Hall–Kier alpha value is -1.94. The van der Waals surface area contributed by atoms with Gasteiger partial charge in [0.15, 0.2) is 0 Å². The number of rotatable bonds is 3. The first-order valence-electron chi connectivity index (χ1n) is 6.01. The Morgan fingerprint density at radius 1 is 1.00 bits per heavy atom. The predicted octanol–water partition coefficient (Wildman–Crippen LogP) is 4.00. The highest BCUT2D eigenvalue weighted by molar-refractivity contribution is 9.10. The number of nitrogens with zero attached hydrogens (tertiary/aromatic N) is 2. The second-order valence-corrected chi connectivity index (χ2v) is 5.13. The van der Waals surface area contributed by atoms with Gasteiger partial charge in [0, 0.05) is 10.2 Å². The van der Waals surface area contributed by atoms with Crippen molar-refractivity contribution in [3.63, 3.8) is 0 Å². The van der Waals surface area contributed by atoms with Crippen LogP contribution < -0.4 is 5.32 Å². The Kier molecular flexibility index (Phi) is 3.42. The van der Waals surface area contributed by atoms with Gasteiger partial charge in [0.05, 0.1) is 29.5 Å². The quantitative estimate of drug-likeness (QED) is 0.794. The number of hydrogen-bond donors (Lipinski definition) is 1. The molecule has 4 heteroatoms. The minimum atomic E-state index is 0.661. The van der Waals surface area contributed by atoms with Gasteiger partial charge in [-0.25, -0.2) is 4.98 Å². The first-order chi connectivity index (χ1) is 9.31. The maximum absolute atomic E-state index is 4.58. The Morgan fingerprint density at radius 2 is 1.84 bits per heavy atom. The highest BCUT2D eigenvalue weighted by Gasteiger charge is 1.99. The maximum atomic E-state index is 4.58. The van der Waals surface area contributed by atoms with Crippen LogP contribution in [0.5, 0.6) is 0 Å². The van der Waals surface area contributed by atoms with Crippen molar-refractivity contribution in [3.8, 4) is 0 Å². The molecule has 0 spiro atoms. The number of fused-ring (bicyclic) bond motifs is 1. The molecule has 0 saturated heterocycles. The molecule has 0 atom stereocenters. The Balaban J connectivity index is 1.78. The molecule has 19 heavy (non-hydrogen) atoms. The van der Waals surface area contributed by atoms with Gasteiger partial charge < -0.3 is 5.32 Å². The van der Waals surface area contributed by atoms with Gasteiger partial charge in [-0.3, -0.25) is 4.98 Å². The summed E-state index contributed by atoms with van der Waals surface area (Å²) in [5.41, 5.74) is 3.84. The molecule has 2 aromatic carbocycles. The van der Waals surface area contributed by atoms with Crippen LogP contribution in [0.2, 0.25) is 0 Å². The van der Waals surface area contributed by atoms with Crippen LogP contribution in [-0.2, 0) is 6.54 Å². The fraction of sp³-hybridized carbons (Fsp3) is 0.0667. The number of benzene rings is 2. The summed E-state index contributed by atoms with van der Waals surface area (Å²) in [4.78, 5) is 8.98. The summed E-state index contributed by atoms with van der Waals surface area (Å²) in [5, 5.41) is 3.33.